The van der Waals surface area contributed by atoms with Crippen molar-refractivity contribution in [3.63, 3.8) is 0 Å². The van der Waals surface area contributed by atoms with Crippen LogP contribution in [-0.4, -0.2) is 35.5 Å². The Hall–Kier alpha value is -1.68. The zero-order valence-corrected chi connectivity index (χ0v) is 14.0. The van der Waals surface area contributed by atoms with Crippen molar-refractivity contribution in [1.29, 1.82) is 0 Å². The minimum atomic E-state index is -0.187. The monoisotopic (exact) mass is 315 g/mol. The summed E-state index contributed by atoms with van der Waals surface area (Å²) in [5.74, 6) is -0.0472. The highest BCUT2D eigenvalue weighted by atomic mass is 16.5. The smallest absolute Gasteiger partial charge is 0.229 e. The van der Waals surface area contributed by atoms with Crippen LogP contribution in [-0.2, 0) is 19.7 Å². The van der Waals surface area contributed by atoms with Gasteiger partial charge in [0.15, 0.2) is 0 Å². The van der Waals surface area contributed by atoms with Gasteiger partial charge in [-0.15, -0.1) is 0 Å². The van der Waals surface area contributed by atoms with E-state index in [1.165, 1.54) is 10.5 Å². The number of imide groups is 1. The highest BCUT2D eigenvalue weighted by Gasteiger charge is 2.43. The van der Waals surface area contributed by atoms with Crippen LogP contribution in [0.15, 0.2) is 30.3 Å². The molecule has 0 radical (unpaired) electrons. The number of nitrogens with zero attached hydrogens (tertiary/aromatic N) is 1. The van der Waals surface area contributed by atoms with Gasteiger partial charge < -0.3 is 4.74 Å². The van der Waals surface area contributed by atoms with Gasteiger partial charge in [0.05, 0.1) is 5.60 Å². The summed E-state index contributed by atoms with van der Waals surface area (Å²) in [6, 6.07) is 10.5. The van der Waals surface area contributed by atoms with E-state index in [1.54, 1.807) is 0 Å². The number of rotatable bonds is 4. The largest absolute Gasteiger partial charge is 0.376 e. The van der Waals surface area contributed by atoms with Crippen LogP contribution in [0.25, 0.3) is 0 Å². The number of amides is 2. The maximum Gasteiger partial charge on any atom is 0.229 e. The normalized spacial score (nSPS) is 27.5. The molecule has 1 atom stereocenters. The fraction of sp³-hybridized carbons (Fsp3) is 0.579. The first-order chi connectivity index (χ1) is 10.9. The fourth-order valence-electron chi connectivity index (χ4n) is 4.07. The standard InChI is InChI=1S/C19H25NO3/c1-18(2)14-19(11-13-23-18,15-6-4-3-5-7-15)10-12-20-16(21)8-9-17(20)22/h3-7H,8-14H2,1-2H3. The van der Waals surface area contributed by atoms with Gasteiger partial charge in [-0.05, 0) is 38.7 Å². The Labute approximate surface area is 137 Å². The van der Waals surface area contributed by atoms with Gasteiger partial charge in [0.1, 0.15) is 0 Å². The predicted octanol–water partition coefficient (Wildman–Crippen LogP) is 3.05. The van der Waals surface area contributed by atoms with Crippen LogP contribution >= 0.6 is 0 Å². The SMILES string of the molecule is CC1(C)CC(CCN2C(=O)CCC2=O)(c2ccccc2)CCO1. The molecule has 1 aromatic carbocycles. The van der Waals surface area contributed by atoms with Crippen LogP contribution in [0.2, 0.25) is 0 Å². The lowest BCUT2D eigenvalue weighted by Crippen LogP contribution is -2.46. The lowest BCUT2D eigenvalue weighted by Gasteiger charge is -2.46. The molecule has 0 bridgehead atoms. The van der Waals surface area contributed by atoms with E-state index in [2.05, 4.69) is 38.1 Å². The molecule has 4 heteroatoms. The average molecular weight is 315 g/mol. The van der Waals surface area contributed by atoms with Crippen molar-refractivity contribution in [3.8, 4) is 0 Å². The molecular formula is C19H25NO3. The second-order valence-electron chi connectivity index (χ2n) is 7.37. The Bertz CT molecular complexity index is 580. The molecule has 4 nitrogen and oxygen atoms in total. The number of hydrogen-bond acceptors (Lipinski definition) is 3. The second-order valence-corrected chi connectivity index (χ2v) is 7.37. The number of benzene rings is 1. The average Bonchev–Trinajstić information content (AvgIpc) is 2.84. The van der Waals surface area contributed by atoms with Gasteiger partial charge in [0, 0.05) is 31.4 Å². The topological polar surface area (TPSA) is 46.6 Å². The molecule has 0 N–H and O–H groups in total. The quantitative estimate of drug-likeness (QED) is 0.802. The van der Waals surface area contributed by atoms with Gasteiger partial charge in [-0.25, -0.2) is 0 Å². The van der Waals surface area contributed by atoms with E-state index in [4.69, 9.17) is 4.74 Å². The molecule has 1 unspecified atom stereocenters. The van der Waals surface area contributed by atoms with Crippen LogP contribution in [0.3, 0.4) is 0 Å². The van der Waals surface area contributed by atoms with Gasteiger partial charge in [0.25, 0.3) is 0 Å². The predicted molar refractivity (Wildman–Crippen MR) is 88.0 cm³/mol. The van der Waals surface area contributed by atoms with Gasteiger partial charge in [-0.3, -0.25) is 14.5 Å². The Morgan fingerprint density at radius 3 is 2.35 bits per heavy atom. The number of ether oxygens (including phenoxy) is 1. The molecule has 0 aliphatic carbocycles. The van der Waals surface area contributed by atoms with Crippen molar-refractivity contribution in [3.05, 3.63) is 35.9 Å². The Morgan fingerprint density at radius 1 is 1.09 bits per heavy atom. The van der Waals surface area contributed by atoms with Crippen molar-refractivity contribution in [2.75, 3.05) is 13.2 Å². The van der Waals surface area contributed by atoms with E-state index in [1.807, 2.05) is 6.07 Å². The van der Waals surface area contributed by atoms with Crippen molar-refractivity contribution < 1.29 is 14.3 Å². The molecule has 124 valence electrons. The third kappa shape index (κ3) is 3.32. The van der Waals surface area contributed by atoms with Crippen LogP contribution in [0.4, 0.5) is 0 Å². The van der Waals surface area contributed by atoms with E-state index in [0.717, 1.165) is 19.3 Å². The summed E-state index contributed by atoms with van der Waals surface area (Å²) >= 11 is 0. The van der Waals surface area contributed by atoms with E-state index in [9.17, 15) is 9.59 Å². The van der Waals surface area contributed by atoms with Crippen LogP contribution in [0, 0.1) is 0 Å². The molecule has 23 heavy (non-hydrogen) atoms. The number of hydrogen-bond donors (Lipinski definition) is 0. The number of likely N-dealkylation sites (tertiary alicyclic amines) is 1. The van der Waals surface area contributed by atoms with E-state index in [0.29, 0.717) is 26.0 Å². The van der Waals surface area contributed by atoms with Gasteiger partial charge in [0.2, 0.25) is 11.8 Å². The molecule has 3 rings (SSSR count). The molecule has 2 aliphatic rings. The molecular weight excluding hydrogens is 290 g/mol. The molecule has 2 heterocycles. The van der Waals surface area contributed by atoms with Crippen LogP contribution < -0.4 is 0 Å². The molecule has 0 saturated carbocycles. The third-order valence-corrected chi connectivity index (χ3v) is 5.19. The summed E-state index contributed by atoms with van der Waals surface area (Å²) in [7, 11) is 0. The van der Waals surface area contributed by atoms with E-state index >= 15 is 0 Å². The van der Waals surface area contributed by atoms with E-state index < -0.39 is 0 Å². The van der Waals surface area contributed by atoms with Crippen molar-refractivity contribution in [1.82, 2.24) is 4.90 Å². The maximum atomic E-state index is 11.9. The zero-order valence-electron chi connectivity index (χ0n) is 14.0. The number of carbonyl (C=O) groups excluding carboxylic acids is 2. The van der Waals surface area contributed by atoms with Gasteiger partial charge in [-0.2, -0.15) is 0 Å². The summed E-state index contributed by atoms with van der Waals surface area (Å²) in [6.45, 7) is 5.47. The summed E-state index contributed by atoms with van der Waals surface area (Å²) < 4.78 is 5.91. The second kappa shape index (κ2) is 6.08. The molecule has 2 fully saturated rings. The van der Waals surface area contributed by atoms with Crippen molar-refractivity contribution in [2.45, 2.75) is 57.0 Å². The molecule has 1 aromatic rings. The van der Waals surface area contributed by atoms with Crippen LogP contribution in [0.5, 0.6) is 0 Å². The molecule has 0 aromatic heterocycles. The first kappa shape index (κ1) is 16.2. The summed E-state index contributed by atoms with van der Waals surface area (Å²) in [4.78, 5) is 25.3. The maximum absolute atomic E-state index is 11.9. The molecule has 0 spiro atoms. The van der Waals surface area contributed by atoms with Gasteiger partial charge >= 0.3 is 0 Å². The first-order valence-corrected chi connectivity index (χ1v) is 8.45. The Morgan fingerprint density at radius 2 is 1.74 bits per heavy atom. The number of carbonyl (C=O) groups is 2. The van der Waals surface area contributed by atoms with Crippen molar-refractivity contribution in [2.24, 2.45) is 0 Å². The lowest BCUT2D eigenvalue weighted by atomic mass is 9.67. The zero-order chi connectivity index (χ0) is 16.5. The Balaban J connectivity index is 1.84. The van der Waals surface area contributed by atoms with Crippen molar-refractivity contribution >= 4 is 11.8 Å². The molecule has 2 saturated heterocycles. The van der Waals surface area contributed by atoms with E-state index in [-0.39, 0.29) is 22.8 Å². The molecule has 2 aliphatic heterocycles. The minimum absolute atomic E-state index is 0.0236. The summed E-state index contributed by atoms with van der Waals surface area (Å²) in [6.07, 6.45) is 3.37. The highest BCUT2D eigenvalue weighted by Crippen LogP contribution is 2.44. The Kier molecular flexibility index (Phi) is 4.28. The lowest BCUT2D eigenvalue weighted by molar-refractivity contribution is -0.139. The third-order valence-electron chi connectivity index (χ3n) is 5.19. The van der Waals surface area contributed by atoms with Gasteiger partial charge in [-0.1, -0.05) is 30.3 Å². The molecule has 2 amide bonds. The van der Waals surface area contributed by atoms with Crippen LogP contribution in [0.1, 0.15) is 51.5 Å². The summed E-state index contributed by atoms with van der Waals surface area (Å²) in [5.41, 5.74) is 1.06. The highest BCUT2D eigenvalue weighted by molar-refractivity contribution is 6.01. The fourth-order valence-corrected chi connectivity index (χ4v) is 4.07. The summed E-state index contributed by atoms with van der Waals surface area (Å²) in [5, 5.41) is 0. The minimum Gasteiger partial charge on any atom is -0.376 e. The first-order valence-electron chi connectivity index (χ1n) is 8.45.